The molecule has 0 unspecified atom stereocenters. The highest BCUT2D eigenvalue weighted by Crippen LogP contribution is 2.13. The molecule has 128 valence electrons. The van der Waals surface area contributed by atoms with Gasteiger partial charge in [-0.25, -0.2) is 0 Å². The molecular formula is C20H27N3O. The predicted molar refractivity (Wildman–Crippen MR) is 99.1 cm³/mol. The number of benzene rings is 2. The van der Waals surface area contributed by atoms with E-state index in [0.29, 0.717) is 0 Å². The lowest BCUT2D eigenvalue weighted by molar-refractivity contribution is 0.121. The SMILES string of the molecule is Nc1ccc(OCCCN2CCN(Cc3ccccc3)CC2)cc1. The fourth-order valence-electron chi connectivity index (χ4n) is 3.05. The Morgan fingerprint density at radius 3 is 2.21 bits per heavy atom. The second-order valence-electron chi connectivity index (χ2n) is 6.37. The minimum atomic E-state index is 0.758. The van der Waals surface area contributed by atoms with E-state index in [0.717, 1.165) is 63.7 Å². The Kier molecular flexibility index (Phi) is 6.10. The first-order chi connectivity index (χ1) is 11.8. The summed E-state index contributed by atoms with van der Waals surface area (Å²) in [5.41, 5.74) is 7.85. The number of nitrogens with zero attached hydrogens (tertiary/aromatic N) is 2. The lowest BCUT2D eigenvalue weighted by Crippen LogP contribution is -2.46. The topological polar surface area (TPSA) is 41.7 Å². The van der Waals surface area contributed by atoms with E-state index in [9.17, 15) is 0 Å². The molecule has 0 aromatic heterocycles. The lowest BCUT2D eigenvalue weighted by atomic mass is 10.2. The molecule has 1 saturated heterocycles. The van der Waals surface area contributed by atoms with Crippen molar-refractivity contribution in [3.63, 3.8) is 0 Å². The predicted octanol–water partition coefficient (Wildman–Crippen LogP) is 2.86. The van der Waals surface area contributed by atoms with Crippen molar-refractivity contribution in [2.24, 2.45) is 0 Å². The number of hydrogen-bond donors (Lipinski definition) is 1. The maximum Gasteiger partial charge on any atom is 0.119 e. The summed E-state index contributed by atoms with van der Waals surface area (Å²) in [6.07, 6.45) is 1.06. The average Bonchev–Trinajstić information content (AvgIpc) is 2.62. The molecule has 4 heteroatoms. The van der Waals surface area contributed by atoms with Gasteiger partial charge in [-0.1, -0.05) is 30.3 Å². The Morgan fingerprint density at radius 1 is 0.833 bits per heavy atom. The monoisotopic (exact) mass is 325 g/mol. The Hall–Kier alpha value is -2.04. The Morgan fingerprint density at radius 2 is 1.50 bits per heavy atom. The number of anilines is 1. The second kappa shape index (κ2) is 8.71. The van der Waals surface area contributed by atoms with Crippen LogP contribution in [0.4, 0.5) is 5.69 Å². The first kappa shape index (κ1) is 16.8. The second-order valence-corrected chi connectivity index (χ2v) is 6.37. The third kappa shape index (κ3) is 5.25. The van der Waals surface area contributed by atoms with Gasteiger partial charge in [0.05, 0.1) is 6.61 Å². The van der Waals surface area contributed by atoms with Gasteiger partial charge in [-0.15, -0.1) is 0 Å². The van der Waals surface area contributed by atoms with Crippen LogP contribution in [0.3, 0.4) is 0 Å². The number of nitrogen functional groups attached to an aromatic ring is 1. The molecule has 4 nitrogen and oxygen atoms in total. The van der Waals surface area contributed by atoms with Crippen LogP contribution < -0.4 is 10.5 Å². The third-order valence-electron chi connectivity index (χ3n) is 4.48. The highest BCUT2D eigenvalue weighted by molar-refractivity contribution is 5.41. The molecule has 2 N–H and O–H groups in total. The van der Waals surface area contributed by atoms with E-state index in [1.807, 2.05) is 24.3 Å². The fraction of sp³-hybridized carbons (Fsp3) is 0.400. The fourth-order valence-corrected chi connectivity index (χ4v) is 3.05. The van der Waals surface area contributed by atoms with Gasteiger partial charge in [-0.2, -0.15) is 0 Å². The van der Waals surface area contributed by atoms with Crippen LogP contribution in [0, 0.1) is 0 Å². The minimum absolute atomic E-state index is 0.758. The van der Waals surface area contributed by atoms with Gasteiger partial charge < -0.3 is 15.4 Å². The van der Waals surface area contributed by atoms with Crippen molar-refractivity contribution < 1.29 is 4.74 Å². The molecule has 1 aliphatic heterocycles. The van der Waals surface area contributed by atoms with Crippen LogP contribution in [-0.2, 0) is 6.54 Å². The zero-order valence-electron chi connectivity index (χ0n) is 14.2. The van der Waals surface area contributed by atoms with Crippen LogP contribution >= 0.6 is 0 Å². The van der Waals surface area contributed by atoms with Gasteiger partial charge in [0.2, 0.25) is 0 Å². The highest BCUT2D eigenvalue weighted by atomic mass is 16.5. The normalized spacial score (nSPS) is 16.2. The number of nitrogens with two attached hydrogens (primary N) is 1. The molecule has 24 heavy (non-hydrogen) atoms. The Labute approximate surface area is 144 Å². The molecule has 0 atom stereocenters. The molecule has 0 radical (unpaired) electrons. The summed E-state index contributed by atoms with van der Waals surface area (Å²) in [5.74, 6) is 0.900. The van der Waals surface area contributed by atoms with E-state index in [-0.39, 0.29) is 0 Å². The first-order valence-electron chi connectivity index (χ1n) is 8.76. The van der Waals surface area contributed by atoms with Crippen LogP contribution in [0.25, 0.3) is 0 Å². The van der Waals surface area contributed by atoms with Crippen LogP contribution in [0.1, 0.15) is 12.0 Å². The van der Waals surface area contributed by atoms with E-state index in [4.69, 9.17) is 10.5 Å². The van der Waals surface area contributed by atoms with Crippen molar-refractivity contribution in [2.45, 2.75) is 13.0 Å². The first-order valence-corrected chi connectivity index (χ1v) is 8.76. The minimum Gasteiger partial charge on any atom is -0.494 e. The third-order valence-corrected chi connectivity index (χ3v) is 4.48. The van der Waals surface area contributed by atoms with E-state index in [2.05, 4.69) is 40.1 Å². The number of piperazine rings is 1. The lowest BCUT2D eigenvalue weighted by Gasteiger charge is -2.34. The van der Waals surface area contributed by atoms with Gasteiger partial charge >= 0.3 is 0 Å². The molecule has 3 rings (SSSR count). The summed E-state index contributed by atoms with van der Waals surface area (Å²) in [5, 5.41) is 0. The van der Waals surface area contributed by atoms with E-state index in [1.165, 1.54) is 5.56 Å². The van der Waals surface area contributed by atoms with Crippen molar-refractivity contribution in [3.05, 3.63) is 60.2 Å². The maximum absolute atomic E-state index is 5.76. The van der Waals surface area contributed by atoms with Crippen molar-refractivity contribution in [2.75, 3.05) is 45.1 Å². The summed E-state index contributed by atoms with van der Waals surface area (Å²) >= 11 is 0. The molecule has 1 heterocycles. The number of rotatable bonds is 7. The van der Waals surface area contributed by atoms with Gasteiger partial charge in [0.25, 0.3) is 0 Å². The quantitative estimate of drug-likeness (QED) is 0.628. The zero-order valence-corrected chi connectivity index (χ0v) is 14.2. The van der Waals surface area contributed by atoms with Crippen LogP contribution in [0.5, 0.6) is 5.75 Å². The largest absolute Gasteiger partial charge is 0.494 e. The van der Waals surface area contributed by atoms with Crippen molar-refractivity contribution in [1.29, 1.82) is 0 Å². The smallest absolute Gasteiger partial charge is 0.119 e. The van der Waals surface area contributed by atoms with Crippen LogP contribution in [-0.4, -0.2) is 49.1 Å². The molecule has 2 aromatic rings. The van der Waals surface area contributed by atoms with Gasteiger partial charge in [0.15, 0.2) is 0 Å². The van der Waals surface area contributed by atoms with Crippen molar-refractivity contribution in [1.82, 2.24) is 9.80 Å². The maximum atomic E-state index is 5.76. The average molecular weight is 325 g/mol. The Balaban J connectivity index is 1.30. The van der Waals surface area contributed by atoms with Gasteiger partial charge in [0.1, 0.15) is 5.75 Å². The van der Waals surface area contributed by atoms with Gasteiger partial charge in [-0.05, 0) is 36.2 Å². The number of ether oxygens (including phenoxy) is 1. The standard InChI is InChI=1S/C20H27N3O/c21-19-7-9-20(10-8-19)24-16-4-11-22-12-14-23(15-13-22)17-18-5-2-1-3-6-18/h1-3,5-10H,4,11-17,21H2. The number of hydrogen-bond acceptors (Lipinski definition) is 4. The highest BCUT2D eigenvalue weighted by Gasteiger charge is 2.16. The van der Waals surface area contributed by atoms with Crippen molar-refractivity contribution >= 4 is 5.69 Å². The van der Waals surface area contributed by atoms with E-state index >= 15 is 0 Å². The van der Waals surface area contributed by atoms with E-state index < -0.39 is 0 Å². The summed E-state index contributed by atoms with van der Waals surface area (Å²) in [6.45, 7) is 7.52. The van der Waals surface area contributed by atoms with Crippen LogP contribution in [0.15, 0.2) is 54.6 Å². The molecule has 1 fully saturated rings. The van der Waals surface area contributed by atoms with Crippen LogP contribution in [0.2, 0.25) is 0 Å². The molecule has 2 aromatic carbocycles. The molecule has 0 aliphatic carbocycles. The zero-order chi connectivity index (χ0) is 16.6. The van der Waals surface area contributed by atoms with E-state index in [1.54, 1.807) is 0 Å². The van der Waals surface area contributed by atoms with Gasteiger partial charge in [0, 0.05) is 45.0 Å². The summed E-state index contributed by atoms with van der Waals surface area (Å²) in [6, 6.07) is 18.3. The molecule has 0 bridgehead atoms. The molecular weight excluding hydrogens is 298 g/mol. The molecule has 0 saturated carbocycles. The molecule has 0 amide bonds. The summed E-state index contributed by atoms with van der Waals surface area (Å²) in [4.78, 5) is 5.07. The van der Waals surface area contributed by atoms with Gasteiger partial charge in [-0.3, -0.25) is 4.90 Å². The summed E-state index contributed by atoms with van der Waals surface area (Å²) in [7, 11) is 0. The molecule has 1 aliphatic rings. The van der Waals surface area contributed by atoms with Crippen molar-refractivity contribution in [3.8, 4) is 5.75 Å². The molecule has 0 spiro atoms. The summed E-state index contributed by atoms with van der Waals surface area (Å²) < 4.78 is 5.76. The Bertz CT molecular complexity index is 592.